The first-order chi connectivity index (χ1) is 17.1. The Labute approximate surface area is 221 Å². The fourth-order valence-corrected chi connectivity index (χ4v) is 5.49. The Morgan fingerprint density at radius 2 is 1.75 bits per heavy atom. The molecule has 2 aliphatic rings. The number of carbonyl (C=O) groups excluding carboxylic acids is 2. The molecule has 0 bridgehead atoms. The molecule has 1 heterocycles. The van der Waals surface area contributed by atoms with Gasteiger partial charge in [0.15, 0.2) is 17.3 Å². The van der Waals surface area contributed by atoms with E-state index in [2.05, 4.69) is 5.32 Å². The predicted octanol–water partition coefficient (Wildman–Crippen LogP) is 6.32. The number of nitrogens with one attached hydrogen (secondary N) is 1. The van der Waals surface area contributed by atoms with Crippen LogP contribution in [0.1, 0.15) is 56.6 Å². The number of carbonyl (C=O) groups is 2. The van der Waals surface area contributed by atoms with Crippen LogP contribution in [0.4, 0.5) is 0 Å². The Bertz CT molecular complexity index is 1280. The number of allylic oxidation sites excluding steroid dienone is 3. The molecule has 190 valence electrons. The number of ketones is 1. The summed E-state index contributed by atoms with van der Waals surface area (Å²) >= 11 is 12.8. The highest BCUT2D eigenvalue weighted by Gasteiger charge is 2.42. The van der Waals surface area contributed by atoms with Crippen molar-refractivity contribution >= 4 is 35.0 Å². The van der Waals surface area contributed by atoms with Crippen LogP contribution in [0.2, 0.25) is 10.0 Å². The average Bonchev–Trinajstić information content (AvgIpc) is 2.82. The van der Waals surface area contributed by atoms with Crippen molar-refractivity contribution in [3.8, 4) is 11.5 Å². The first-order valence-electron chi connectivity index (χ1n) is 11.8. The first kappa shape index (κ1) is 26.1. The quantitative estimate of drug-likeness (QED) is 0.441. The van der Waals surface area contributed by atoms with Gasteiger partial charge in [-0.25, -0.2) is 4.79 Å². The molecule has 2 aromatic carbocycles. The maximum atomic E-state index is 13.8. The molecule has 0 fully saturated rings. The van der Waals surface area contributed by atoms with Gasteiger partial charge >= 0.3 is 5.97 Å². The lowest BCUT2D eigenvalue weighted by molar-refractivity contribution is -0.143. The Morgan fingerprint density at radius 3 is 2.39 bits per heavy atom. The van der Waals surface area contributed by atoms with Gasteiger partial charge in [0.25, 0.3) is 0 Å². The second-order valence-electron chi connectivity index (χ2n) is 9.25. The molecule has 2 atom stereocenters. The monoisotopic (exact) mass is 529 g/mol. The summed E-state index contributed by atoms with van der Waals surface area (Å²) in [5.41, 5.74) is 3.95. The minimum absolute atomic E-state index is 0.0538. The number of hydrogen-bond acceptors (Lipinski definition) is 6. The van der Waals surface area contributed by atoms with Crippen LogP contribution in [0.5, 0.6) is 11.5 Å². The predicted molar refractivity (Wildman–Crippen MR) is 140 cm³/mol. The van der Waals surface area contributed by atoms with Gasteiger partial charge in [-0.1, -0.05) is 35.3 Å². The molecule has 1 N–H and O–H groups in total. The summed E-state index contributed by atoms with van der Waals surface area (Å²) < 4.78 is 16.4. The summed E-state index contributed by atoms with van der Waals surface area (Å²) in [7, 11) is 3.17. The lowest BCUT2D eigenvalue weighted by atomic mass is 9.71. The Kier molecular flexibility index (Phi) is 7.67. The summed E-state index contributed by atoms with van der Waals surface area (Å²) in [6.07, 6.45) is 0.553. The number of dihydropyridines is 1. The highest BCUT2D eigenvalue weighted by molar-refractivity contribution is 6.35. The smallest absolute Gasteiger partial charge is 0.337 e. The topological polar surface area (TPSA) is 73.9 Å². The van der Waals surface area contributed by atoms with Crippen LogP contribution in [0.15, 0.2) is 58.9 Å². The molecule has 0 amide bonds. The Hall–Kier alpha value is -2.96. The molecule has 0 unspecified atom stereocenters. The molecule has 6 nitrogen and oxygen atoms in total. The van der Waals surface area contributed by atoms with Crippen molar-refractivity contribution in [2.45, 2.75) is 51.6 Å². The molecule has 0 aromatic heterocycles. The number of esters is 1. The van der Waals surface area contributed by atoms with Crippen molar-refractivity contribution in [3.63, 3.8) is 0 Å². The van der Waals surface area contributed by atoms with Gasteiger partial charge < -0.3 is 19.5 Å². The SMILES string of the molecule is COc1ccc([C@@H]2CC(=O)C3=C(C2)NC(C)=C(C(=O)OC(C)C)[C@H]3c2ccc(Cl)cc2Cl)cc1OC. The van der Waals surface area contributed by atoms with Crippen molar-refractivity contribution < 1.29 is 23.8 Å². The van der Waals surface area contributed by atoms with E-state index in [4.69, 9.17) is 37.4 Å². The van der Waals surface area contributed by atoms with Crippen LogP contribution in [0, 0.1) is 0 Å². The number of benzene rings is 2. The third kappa shape index (κ3) is 4.97. The van der Waals surface area contributed by atoms with E-state index in [1.165, 1.54) is 0 Å². The highest BCUT2D eigenvalue weighted by atomic mass is 35.5. The van der Waals surface area contributed by atoms with E-state index in [0.29, 0.717) is 50.4 Å². The van der Waals surface area contributed by atoms with Crippen molar-refractivity contribution in [2.24, 2.45) is 0 Å². The summed E-state index contributed by atoms with van der Waals surface area (Å²) in [5, 5.41) is 4.21. The third-order valence-corrected chi connectivity index (χ3v) is 7.11. The normalized spacial score (nSPS) is 19.7. The van der Waals surface area contributed by atoms with Gasteiger partial charge in [-0.3, -0.25) is 4.79 Å². The molecule has 0 saturated heterocycles. The summed E-state index contributed by atoms with van der Waals surface area (Å²) in [6, 6.07) is 10.8. The first-order valence-corrected chi connectivity index (χ1v) is 12.5. The summed E-state index contributed by atoms with van der Waals surface area (Å²) in [6.45, 7) is 5.40. The van der Waals surface area contributed by atoms with E-state index < -0.39 is 11.9 Å². The molecule has 2 aromatic rings. The van der Waals surface area contributed by atoms with Gasteiger partial charge in [0.2, 0.25) is 0 Å². The van der Waals surface area contributed by atoms with Crippen molar-refractivity contribution in [2.75, 3.05) is 14.2 Å². The number of hydrogen-bond donors (Lipinski definition) is 1. The van der Waals surface area contributed by atoms with Gasteiger partial charge in [0.1, 0.15) is 0 Å². The van der Waals surface area contributed by atoms with E-state index in [-0.39, 0.29) is 24.2 Å². The average molecular weight is 530 g/mol. The second-order valence-corrected chi connectivity index (χ2v) is 10.1. The van der Waals surface area contributed by atoms with Crippen LogP contribution >= 0.6 is 23.2 Å². The van der Waals surface area contributed by atoms with Gasteiger partial charge in [0, 0.05) is 39.4 Å². The number of methoxy groups -OCH3 is 2. The number of Topliss-reactive ketones (excluding diaryl/α,β-unsaturated/α-hetero) is 1. The van der Waals surface area contributed by atoms with E-state index in [0.717, 1.165) is 11.3 Å². The van der Waals surface area contributed by atoms with E-state index in [9.17, 15) is 9.59 Å². The lowest BCUT2D eigenvalue weighted by Gasteiger charge is -2.37. The number of halogens is 2. The summed E-state index contributed by atoms with van der Waals surface area (Å²) in [4.78, 5) is 27.0. The minimum Gasteiger partial charge on any atom is -0.493 e. The van der Waals surface area contributed by atoms with Crippen LogP contribution in [0.3, 0.4) is 0 Å². The highest BCUT2D eigenvalue weighted by Crippen LogP contribution is 2.48. The van der Waals surface area contributed by atoms with Crippen molar-refractivity contribution in [1.29, 1.82) is 0 Å². The zero-order valence-corrected chi connectivity index (χ0v) is 22.4. The van der Waals surface area contributed by atoms with Crippen molar-refractivity contribution in [3.05, 3.63) is 80.1 Å². The van der Waals surface area contributed by atoms with Gasteiger partial charge in [-0.15, -0.1) is 0 Å². The molecule has 8 heteroatoms. The van der Waals surface area contributed by atoms with Gasteiger partial charge in [0.05, 0.1) is 25.9 Å². The molecule has 4 rings (SSSR count). The second kappa shape index (κ2) is 10.6. The molecule has 0 saturated carbocycles. The van der Waals surface area contributed by atoms with Gasteiger partial charge in [-0.05, 0) is 68.5 Å². The Balaban J connectivity index is 1.80. The molecule has 1 aliphatic heterocycles. The maximum absolute atomic E-state index is 13.8. The molecular weight excluding hydrogens is 501 g/mol. The van der Waals surface area contributed by atoms with Crippen LogP contribution in [-0.2, 0) is 14.3 Å². The largest absolute Gasteiger partial charge is 0.493 e. The molecular formula is C28H29Cl2NO5. The van der Waals surface area contributed by atoms with E-state index in [1.54, 1.807) is 46.3 Å². The standard InChI is InChI=1S/C28H29Cl2NO5/c1-14(2)36-28(33)25-15(3)31-21-10-17(16-6-9-23(34-4)24(12-16)35-5)11-22(32)27(21)26(25)19-8-7-18(29)13-20(19)30/h6-9,12-14,17,26,31H,10-11H2,1-5H3/t17-,26+/m0/s1. The maximum Gasteiger partial charge on any atom is 0.337 e. The lowest BCUT2D eigenvalue weighted by Crippen LogP contribution is -2.36. The zero-order chi connectivity index (χ0) is 26.1. The molecule has 1 aliphatic carbocycles. The third-order valence-electron chi connectivity index (χ3n) is 6.54. The van der Waals surface area contributed by atoms with Crippen molar-refractivity contribution in [1.82, 2.24) is 5.32 Å². The minimum atomic E-state index is -0.656. The van der Waals surface area contributed by atoms with Gasteiger partial charge in [-0.2, -0.15) is 0 Å². The fraction of sp³-hybridized carbons (Fsp3) is 0.357. The van der Waals surface area contributed by atoms with Crippen LogP contribution < -0.4 is 14.8 Å². The van der Waals surface area contributed by atoms with Crippen LogP contribution in [-0.4, -0.2) is 32.1 Å². The van der Waals surface area contributed by atoms with Crippen LogP contribution in [0.25, 0.3) is 0 Å². The van der Waals surface area contributed by atoms with E-state index >= 15 is 0 Å². The number of ether oxygens (including phenoxy) is 3. The zero-order valence-electron chi connectivity index (χ0n) is 20.9. The number of rotatable bonds is 6. The Morgan fingerprint density at radius 1 is 1.03 bits per heavy atom. The molecule has 36 heavy (non-hydrogen) atoms. The molecule has 0 radical (unpaired) electrons. The summed E-state index contributed by atoms with van der Waals surface area (Å²) in [5.74, 6) is -0.0182. The fourth-order valence-electron chi connectivity index (χ4n) is 4.98. The van der Waals surface area contributed by atoms with E-state index in [1.807, 2.05) is 25.1 Å². The molecule has 0 spiro atoms.